The lowest BCUT2D eigenvalue weighted by Gasteiger charge is -2.06. The van der Waals surface area contributed by atoms with E-state index in [1.165, 1.54) is 0 Å². The summed E-state index contributed by atoms with van der Waals surface area (Å²) in [6.07, 6.45) is 0. The zero-order valence-corrected chi connectivity index (χ0v) is 7.08. The van der Waals surface area contributed by atoms with E-state index in [1.807, 2.05) is 23.6 Å². The van der Waals surface area contributed by atoms with Crippen molar-refractivity contribution in [2.75, 3.05) is 0 Å². The molecule has 1 aromatic rings. The molecule has 0 aliphatic heterocycles. The first kappa shape index (κ1) is 9.03. The van der Waals surface area contributed by atoms with Crippen molar-refractivity contribution in [1.82, 2.24) is 5.43 Å². The summed E-state index contributed by atoms with van der Waals surface area (Å²) in [6.45, 7) is 0. The fourth-order valence-electron chi connectivity index (χ4n) is 0.847. The van der Waals surface area contributed by atoms with E-state index < -0.39 is 11.3 Å². The van der Waals surface area contributed by atoms with Gasteiger partial charge in [0.05, 0.1) is 0 Å². The van der Waals surface area contributed by atoms with Crippen molar-refractivity contribution in [3.8, 4) is 0 Å². The number of halogens is 1. The van der Waals surface area contributed by atoms with E-state index in [4.69, 9.17) is 17.4 Å². The molecule has 1 aromatic carbocycles. The maximum absolute atomic E-state index is 10.9. The van der Waals surface area contributed by atoms with Crippen LogP contribution in [-0.4, -0.2) is 5.91 Å². The normalized spacial score (nSPS) is 12.2. The zero-order valence-electron chi connectivity index (χ0n) is 6.33. The average Bonchev–Trinajstić information content (AvgIpc) is 2.17. The van der Waals surface area contributed by atoms with Crippen molar-refractivity contribution in [1.29, 1.82) is 0 Å². The van der Waals surface area contributed by atoms with Gasteiger partial charge in [0.2, 0.25) is 0 Å². The summed E-state index contributed by atoms with van der Waals surface area (Å²) in [5, 5.41) is -0.712. The SMILES string of the molecule is NNC(=O)C(Cl)c1ccccc1. The smallest absolute Gasteiger partial charge is 0.256 e. The molecule has 1 unspecified atom stereocenters. The van der Waals surface area contributed by atoms with Gasteiger partial charge in [-0.25, -0.2) is 5.84 Å². The molecule has 0 spiro atoms. The number of carbonyl (C=O) groups excluding carboxylic acids is 1. The van der Waals surface area contributed by atoms with Gasteiger partial charge in [0, 0.05) is 0 Å². The van der Waals surface area contributed by atoms with Crippen molar-refractivity contribution in [2.24, 2.45) is 5.84 Å². The predicted molar refractivity (Wildman–Crippen MR) is 47.4 cm³/mol. The summed E-state index contributed by atoms with van der Waals surface area (Å²) >= 11 is 5.76. The second-order valence-electron chi connectivity index (χ2n) is 2.28. The maximum atomic E-state index is 10.9. The molecule has 1 rings (SSSR count). The first-order chi connectivity index (χ1) is 5.75. The van der Waals surface area contributed by atoms with Gasteiger partial charge in [0.15, 0.2) is 0 Å². The molecule has 1 amide bonds. The van der Waals surface area contributed by atoms with Crippen LogP contribution in [0.3, 0.4) is 0 Å². The third kappa shape index (κ3) is 1.96. The molecular weight excluding hydrogens is 176 g/mol. The van der Waals surface area contributed by atoms with Crippen LogP contribution in [0.1, 0.15) is 10.9 Å². The second-order valence-corrected chi connectivity index (χ2v) is 2.72. The number of nitrogens with one attached hydrogen (secondary N) is 1. The average molecular weight is 185 g/mol. The van der Waals surface area contributed by atoms with Crippen LogP contribution in [0, 0.1) is 0 Å². The maximum Gasteiger partial charge on any atom is 0.256 e. The zero-order chi connectivity index (χ0) is 8.97. The van der Waals surface area contributed by atoms with Gasteiger partial charge in [-0.05, 0) is 5.56 Å². The molecular formula is C8H9ClN2O. The molecule has 3 nitrogen and oxygen atoms in total. The van der Waals surface area contributed by atoms with Crippen molar-refractivity contribution in [3.63, 3.8) is 0 Å². The van der Waals surface area contributed by atoms with Gasteiger partial charge in [0.1, 0.15) is 5.38 Å². The number of rotatable bonds is 2. The quantitative estimate of drug-likeness (QED) is 0.311. The molecule has 0 fully saturated rings. The molecule has 3 N–H and O–H groups in total. The number of benzene rings is 1. The van der Waals surface area contributed by atoms with E-state index in [1.54, 1.807) is 12.1 Å². The Morgan fingerprint density at radius 1 is 1.42 bits per heavy atom. The van der Waals surface area contributed by atoms with E-state index in [2.05, 4.69) is 0 Å². The molecule has 4 heteroatoms. The van der Waals surface area contributed by atoms with Gasteiger partial charge in [0.25, 0.3) is 5.91 Å². The lowest BCUT2D eigenvalue weighted by atomic mass is 10.1. The van der Waals surface area contributed by atoms with Crippen LogP contribution in [0.15, 0.2) is 30.3 Å². The van der Waals surface area contributed by atoms with E-state index in [0.29, 0.717) is 0 Å². The van der Waals surface area contributed by atoms with Crippen LogP contribution < -0.4 is 11.3 Å². The van der Waals surface area contributed by atoms with Gasteiger partial charge in [-0.15, -0.1) is 11.6 Å². The van der Waals surface area contributed by atoms with Crippen molar-refractivity contribution < 1.29 is 4.79 Å². The largest absolute Gasteiger partial charge is 0.293 e. The van der Waals surface area contributed by atoms with Crippen molar-refractivity contribution >= 4 is 17.5 Å². The Hall–Kier alpha value is -1.06. The Labute approximate surface area is 75.5 Å². The van der Waals surface area contributed by atoms with Crippen molar-refractivity contribution in [3.05, 3.63) is 35.9 Å². The van der Waals surface area contributed by atoms with Crippen LogP contribution in [0.4, 0.5) is 0 Å². The van der Waals surface area contributed by atoms with Crippen LogP contribution in [0.5, 0.6) is 0 Å². The molecule has 64 valence electrons. The third-order valence-corrected chi connectivity index (χ3v) is 1.91. The topological polar surface area (TPSA) is 55.1 Å². The van der Waals surface area contributed by atoms with E-state index in [-0.39, 0.29) is 0 Å². The van der Waals surface area contributed by atoms with E-state index >= 15 is 0 Å². The van der Waals surface area contributed by atoms with Gasteiger partial charge in [-0.1, -0.05) is 30.3 Å². The number of carbonyl (C=O) groups is 1. The summed E-state index contributed by atoms with van der Waals surface area (Å²) in [5.41, 5.74) is 2.73. The predicted octanol–water partition coefficient (Wildman–Crippen LogP) is 0.956. The number of hydrogen-bond acceptors (Lipinski definition) is 2. The number of hydrogen-bond donors (Lipinski definition) is 2. The first-order valence-corrected chi connectivity index (χ1v) is 3.89. The minimum atomic E-state index is -0.712. The summed E-state index contributed by atoms with van der Waals surface area (Å²) in [7, 11) is 0. The highest BCUT2D eigenvalue weighted by Gasteiger charge is 2.14. The standard InChI is InChI=1S/C8H9ClN2O/c9-7(8(12)11-10)6-4-2-1-3-5-6/h1-5,7H,10H2,(H,11,12). The highest BCUT2D eigenvalue weighted by molar-refractivity contribution is 6.30. The van der Waals surface area contributed by atoms with Gasteiger partial charge >= 0.3 is 0 Å². The van der Waals surface area contributed by atoms with E-state index in [0.717, 1.165) is 5.56 Å². The van der Waals surface area contributed by atoms with Gasteiger partial charge in [-0.2, -0.15) is 0 Å². The van der Waals surface area contributed by atoms with Crippen LogP contribution >= 0.6 is 11.6 Å². The molecule has 0 aliphatic carbocycles. The number of alkyl halides is 1. The molecule has 0 aromatic heterocycles. The monoisotopic (exact) mass is 184 g/mol. The van der Waals surface area contributed by atoms with E-state index in [9.17, 15) is 4.79 Å². The summed E-state index contributed by atoms with van der Waals surface area (Å²) < 4.78 is 0. The Morgan fingerprint density at radius 3 is 2.50 bits per heavy atom. The first-order valence-electron chi connectivity index (χ1n) is 3.45. The molecule has 0 bridgehead atoms. The molecule has 0 saturated heterocycles. The lowest BCUT2D eigenvalue weighted by molar-refractivity contribution is -0.120. The Morgan fingerprint density at radius 2 is 2.00 bits per heavy atom. The molecule has 0 aliphatic rings. The Bertz CT molecular complexity index is 263. The summed E-state index contributed by atoms with van der Waals surface area (Å²) in [4.78, 5) is 10.9. The summed E-state index contributed by atoms with van der Waals surface area (Å²) in [5.74, 6) is 4.53. The fraction of sp³-hybridized carbons (Fsp3) is 0.125. The van der Waals surface area contributed by atoms with Crippen LogP contribution in [0.25, 0.3) is 0 Å². The molecule has 0 radical (unpaired) electrons. The second kappa shape index (κ2) is 4.09. The number of hydrazine groups is 1. The van der Waals surface area contributed by atoms with Crippen LogP contribution in [0.2, 0.25) is 0 Å². The fourth-order valence-corrected chi connectivity index (χ4v) is 1.06. The molecule has 0 saturated carbocycles. The van der Waals surface area contributed by atoms with Crippen molar-refractivity contribution in [2.45, 2.75) is 5.38 Å². The lowest BCUT2D eigenvalue weighted by Crippen LogP contribution is -2.32. The Kier molecular flexibility index (Phi) is 3.08. The summed E-state index contributed by atoms with van der Waals surface area (Å²) in [6, 6.07) is 9.02. The van der Waals surface area contributed by atoms with Crippen LogP contribution in [-0.2, 0) is 4.79 Å². The van der Waals surface area contributed by atoms with Gasteiger partial charge in [-0.3, -0.25) is 10.2 Å². The molecule has 1 atom stereocenters. The Balaban J connectivity index is 2.78. The molecule has 12 heavy (non-hydrogen) atoms. The third-order valence-electron chi connectivity index (χ3n) is 1.46. The molecule has 0 heterocycles. The minimum absolute atomic E-state index is 0.400. The van der Waals surface area contributed by atoms with Gasteiger partial charge < -0.3 is 0 Å². The minimum Gasteiger partial charge on any atom is -0.293 e. The number of amides is 1. The highest BCUT2D eigenvalue weighted by Crippen LogP contribution is 2.19. The number of nitrogens with two attached hydrogens (primary N) is 1. The highest BCUT2D eigenvalue weighted by atomic mass is 35.5.